The van der Waals surface area contributed by atoms with Crippen LogP contribution in [0.25, 0.3) is 0 Å². The largest absolute Gasteiger partial charge is 0.388 e. The predicted octanol–water partition coefficient (Wildman–Crippen LogP) is 2.24. The van der Waals surface area contributed by atoms with E-state index in [2.05, 4.69) is 29.2 Å². The molecule has 2 rings (SSSR count). The third kappa shape index (κ3) is 2.65. The van der Waals surface area contributed by atoms with E-state index in [1.54, 1.807) is 12.4 Å². The molecule has 2 heterocycles. The van der Waals surface area contributed by atoms with E-state index in [9.17, 15) is 0 Å². The third-order valence-corrected chi connectivity index (χ3v) is 2.64. The van der Waals surface area contributed by atoms with Gasteiger partial charge >= 0.3 is 0 Å². The van der Waals surface area contributed by atoms with E-state index >= 15 is 0 Å². The van der Waals surface area contributed by atoms with Crippen LogP contribution in [0.2, 0.25) is 0 Å². The average Bonchev–Trinajstić information content (AvgIpc) is 2.78. The molecule has 0 aliphatic heterocycles. The normalized spacial score (nSPS) is 10.6. The van der Waals surface area contributed by atoms with Gasteiger partial charge in [-0.2, -0.15) is 5.10 Å². The molecule has 0 spiro atoms. The van der Waals surface area contributed by atoms with Crippen molar-refractivity contribution in [2.24, 2.45) is 5.73 Å². The van der Waals surface area contributed by atoms with E-state index in [1.807, 2.05) is 23.0 Å². The van der Waals surface area contributed by atoms with Crippen LogP contribution in [0.15, 0.2) is 30.7 Å². The van der Waals surface area contributed by atoms with Crippen molar-refractivity contribution in [3.8, 4) is 0 Å². The standard InChI is InChI=1S/C12H15N5S/c1-8(2)17-7-9(6-15-17)16-10-4-3-5-14-11(10)12(13)18/h3-8,16H,1-2H3,(H2,13,18). The number of hydrogen-bond donors (Lipinski definition) is 2. The summed E-state index contributed by atoms with van der Waals surface area (Å²) in [6.07, 6.45) is 5.36. The second-order valence-electron chi connectivity index (χ2n) is 4.19. The zero-order valence-electron chi connectivity index (χ0n) is 10.3. The SMILES string of the molecule is CC(C)n1cc(Nc2cccnc2C(N)=S)cn1. The van der Waals surface area contributed by atoms with E-state index < -0.39 is 0 Å². The lowest BCUT2D eigenvalue weighted by Crippen LogP contribution is -2.13. The fourth-order valence-electron chi connectivity index (χ4n) is 1.54. The van der Waals surface area contributed by atoms with Crippen molar-refractivity contribution in [2.45, 2.75) is 19.9 Å². The van der Waals surface area contributed by atoms with Gasteiger partial charge in [0.2, 0.25) is 0 Å². The van der Waals surface area contributed by atoms with Crippen molar-refractivity contribution >= 4 is 28.6 Å². The molecule has 0 aliphatic rings. The highest BCUT2D eigenvalue weighted by molar-refractivity contribution is 7.80. The van der Waals surface area contributed by atoms with Gasteiger partial charge in [-0.3, -0.25) is 9.67 Å². The Morgan fingerprint density at radius 2 is 2.28 bits per heavy atom. The minimum atomic E-state index is 0.273. The molecule has 2 aromatic rings. The molecule has 2 aromatic heterocycles. The van der Waals surface area contributed by atoms with Crippen molar-refractivity contribution in [1.82, 2.24) is 14.8 Å². The summed E-state index contributed by atoms with van der Waals surface area (Å²) >= 11 is 4.97. The first kappa shape index (κ1) is 12.5. The number of nitrogens with zero attached hydrogens (tertiary/aromatic N) is 3. The average molecular weight is 261 g/mol. The molecule has 0 radical (unpaired) electrons. The van der Waals surface area contributed by atoms with Crippen molar-refractivity contribution in [2.75, 3.05) is 5.32 Å². The molecule has 3 N–H and O–H groups in total. The molecule has 0 fully saturated rings. The molecule has 0 amide bonds. The molecule has 0 saturated carbocycles. The number of pyridine rings is 1. The van der Waals surface area contributed by atoms with Crippen LogP contribution in [0.5, 0.6) is 0 Å². The first-order valence-corrected chi connectivity index (χ1v) is 6.04. The van der Waals surface area contributed by atoms with E-state index in [0.29, 0.717) is 11.7 Å². The Bertz CT molecular complexity index is 561. The molecule has 0 saturated heterocycles. The summed E-state index contributed by atoms with van der Waals surface area (Å²) in [6, 6.07) is 4.04. The number of nitrogens with two attached hydrogens (primary N) is 1. The highest BCUT2D eigenvalue weighted by Gasteiger charge is 2.08. The van der Waals surface area contributed by atoms with Gasteiger partial charge in [0.25, 0.3) is 0 Å². The minimum absolute atomic E-state index is 0.273. The van der Waals surface area contributed by atoms with E-state index in [1.165, 1.54) is 0 Å². The first-order valence-electron chi connectivity index (χ1n) is 5.64. The molecule has 0 unspecified atom stereocenters. The number of hydrogen-bond acceptors (Lipinski definition) is 4. The van der Waals surface area contributed by atoms with Gasteiger partial charge in [0.1, 0.15) is 10.7 Å². The van der Waals surface area contributed by atoms with Crippen LogP contribution in [0, 0.1) is 0 Å². The van der Waals surface area contributed by atoms with Gasteiger partial charge < -0.3 is 11.1 Å². The molecular formula is C12H15N5S. The molecule has 0 bridgehead atoms. The summed E-state index contributed by atoms with van der Waals surface area (Å²) in [7, 11) is 0. The van der Waals surface area contributed by atoms with Crippen LogP contribution in [0.3, 0.4) is 0 Å². The van der Waals surface area contributed by atoms with Crippen LogP contribution >= 0.6 is 12.2 Å². The zero-order chi connectivity index (χ0) is 13.1. The van der Waals surface area contributed by atoms with Crippen LogP contribution in [0.1, 0.15) is 25.6 Å². The van der Waals surface area contributed by atoms with E-state index in [4.69, 9.17) is 18.0 Å². The van der Waals surface area contributed by atoms with Gasteiger partial charge in [-0.25, -0.2) is 0 Å². The van der Waals surface area contributed by atoms with Crippen molar-refractivity contribution < 1.29 is 0 Å². The summed E-state index contributed by atoms with van der Waals surface area (Å²) in [5.74, 6) is 0. The van der Waals surface area contributed by atoms with Gasteiger partial charge in [0, 0.05) is 18.4 Å². The smallest absolute Gasteiger partial charge is 0.124 e. The Kier molecular flexibility index (Phi) is 3.57. The predicted molar refractivity (Wildman–Crippen MR) is 76.0 cm³/mol. The lowest BCUT2D eigenvalue weighted by Gasteiger charge is -2.08. The van der Waals surface area contributed by atoms with Crippen LogP contribution in [0.4, 0.5) is 11.4 Å². The Hall–Kier alpha value is -1.95. The maximum atomic E-state index is 5.63. The zero-order valence-corrected chi connectivity index (χ0v) is 11.1. The summed E-state index contributed by atoms with van der Waals surface area (Å²) in [5.41, 5.74) is 7.89. The summed E-state index contributed by atoms with van der Waals surface area (Å²) < 4.78 is 1.87. The van der Waals surface area contributed by atoms with Crippen LogP contribution in [-0.2, 0) is 0 Å². The Labute approximate surface area is 111 Å². The van der Waals surface area contributed by atoms with Crippen molar-refractivity contribution in [3.63, 3.8) is 0 Å². The number of thiocarbonyl (C=S) groups is 1. The van der Waals surface area contributed by atoms with Gasteiger partial charge in [-0.1, -0.05) is 12.2 Å². The lowest BCUT2D eigenvalue weighted by molar-refractivity contribution is 0.532. The van der Waals surface area contributed by atoms with Crippen LogP contribution < -0.4 is 11.1 Å². The molecule has 94 valence electrons. The van der Waals surface area contributed by atoms with Crippen molar-refractivity contribution in [3.05, 3.63) is 36.4 Å². The molecule has 0 atom stereocenters. The van der Waals surface area contributed by atoms with Gasteiger partial charge in [0.05, 0.1) is 17.6 Å². The fourth-order valence-corrected chi connectivity index (χ4v) is 1.71. The minimum Gasteiger partial charge on any atom is -0.388 e. The summed E-state index contributed by atoms with van der Waals surface area (Å²) in [6.45, 7) is 4.14. The summed E-state index contributed by atoms with van der Waals surface area (Å²) in [5, 5.41) is 7.47. The molecule has 0 aliphatic carbocycles. The highest BCUT2D eigenvalue weighted by Crippen LogP contribution is 2.19. The van der Waals surface area contributed by atoms with Crippen LogP contribution in [-0.4, -0.2) is 19.8 Å². The maximum absolute atomic E-state index is 5.63. The number of aromatic nitrogens is 3. The molecule has 0 aromatic carbocycles. The van der Waals surface area contributed by atoms with Gasteiger partial charge in [-0.05, 0) is 26.0 Å². The fraction of sp³-hybridized carbons (Fsp3) is 0.250. The van der Waals surface area contributed by atoms with Gasteiger partial charge in [0.15, 0.2) is 0 Å². The molecular weight excluding hydrogens is 246 g/mol. The number of nitrogens with one attached hydrogen (secondary N) is 1. The summed E-state index contributed by atoms with van der Waals surface area (Å²) in [4.78, 5) is 4.43. The second-order valence-corrected chi connectivity index (χ2v) is 4.63. The molecule has 18 heavy (non-hydrogen) atoms. The maximum Gasteiger partial charge on any atom is 0.124 e. The molecule has 5 nitrogen and oxygen atoms in total. The monoisotopic (exact) mass is 261 g/mol. The third-order valence-electron chi connectivity index (χ3n) is 2.45. The molecule has 6 heteroatoms. The van der Waals surface area contributed by atoms with E-state index in [-0.39, 0.29) is 4.99 Å². The first-order chi connectivity index (χ1) is 8.58. The topological polar surface area (TPSA) is 68.8 Å². The second kappa shape index (κ2) is 5.14. The number of anilines is 2. The van der Waals surface area contributed by atoms with Crippen molar-refractivity contribution in [1.29, 1.82) is 0 Å². The lowest BCUT2D eigenvalue weighted by atomic mass is 10.3. The Morgan fingerprint density at radius 3 is 2.89 bits per heavy atom. The Balaban J connectivity index is 2.25. The van der Waals surface area contributed by atoms with Gasteiger partial charge in [-0.15, -0.1) is 0 Å². The van der Waals surface area contributed by atoms with E-state index in [0.717, 1.165) is 11.4 Å². The quantitative estimate of drug-likeness (QED) is 0.826. The Morgan fingerprint density at radius 1 is 1.50 bits per heavy atom. The highest BCUT2D eigenvalue weighted by atomic mass is 32.1. The number of rotatable bonds is 4.